The molecule has 100 valence electrons. The quantitative estimate of drug-likeness (QED) is 0.808. The van der Waals surface area contributed by atoms with Gasteiger partial charge in [0.2, 0.25) is 5.91 Å². The number of ether oxygens (including phenoxy) is 1. The molecule has 1 rings (SSSR count). The third-order valence-corrected chi connectivity index (χ3v) is 2.57. The van der Waals surface area contributed by atoms with Crippen LogP contribution in [0.3, 0.4) is 0 Å². The van der Waals surface area contributed by atoms with Gasteiger partial charge in [0.1, 0.15) is 5.75 Å². The third kappa shape index (κ3) is 4.37. The van der Waals surface area contributed by atoms with E-state index in [1.165, 1.54) is 0 Å². The van der Waals surface area contributed by atoms with E-state index in [4.69, 9.17) is 4.74 Å². The van der Waals surface area contributed by atoms with Crippen LogP contribution in [0.2, 0.25) is 0 Å². The van der Waals surface area contributed by atoms with Crippen molar-refractivity contribution >= 4 is 5.91 Å². The Balaban J connectivity index is 2.64. The van der Waals surface area contributed by atoms with E-state index in [0.29, 0.717) is 6.54 Å². The topological polar surface area (TPSA) is 50.4 Å². The van der Waals surface area contributed by atoms with Gasteiger partial charge in [-0.1, -0.05) is 18.2 Å². The molecule has 1 atom stereocenters. The fourth-order valence-electron chi connectivity index (χ4n) is 1.59. The number of nitrogens with one attached hydrogen (secondary N) is 2. The summed E-state index contributed by atoms with van der Waals surface area (Å²) < 4.78 is 5.72. The van der Waals surface area contributed by atoms with Gasteiger partial charge < -0.3 is 15.4 Å². The monoisotopic (exact) mass is 250 g/mol. The highest BCUT2D eigenvalue weighted by molar-refractivity contribution is 5.80. The number of benzene rings is 1. The van der Waals surface area contributed by atoms with Gasteiger partial charge >= 0.3 is 0 Å². The molecule has 2 N–H and O–H groups in total. The molecule has 1 aromatic carbocycles. The predicted molar refractivity (Wildman–Crippen MR) is 72.6 cm³/mol. The molecule has 1 unspecified atom stereocenters. The maximum Gasteiger partial charge on any atom is 0.236 e. The van der Waals surface area contributed by atoms with Crippen molar-refractivity contribution in [1.82, 2.24) is 10.6 Å². The van der Waals surface area contributed by atoms with E-state index >= 15 is 0 Å². The molecule has 0 saturated carbocycles. The second kappa shape index (κ2) is 7.01. The Morgan fingerprint density at radius 1 is 1.28 bits per heavy atom. The Bertz CT molecular complexity index is 391. The maximum atomic E-state index is 11.4. The van der Waals surface area contributed by atoms with Gasteiger partial charge in [-0.15, -0.1) is 0 Å². The molecular weight excluding hydrogens is 228 g/mol. The Kier molecular flexibility index (Phi) is 5.65. The summed E-state index contributed by atoms with van der Waals surface area (Å²) in [7, 11) is 1.64. The van der Waals surface area contributed by atoms with Gasteiger partial charge in [-0.3, -0.25) is 4.79 Å². The van der Waals surface area contributed by atoms with E-state index in [2.05, 4.69) is 10.6 Å². The van der Waals surface area contributed by atoms with Crippen LogP contribution in [-0.2, 0) is 11.3 Å². The summed E-state index contributed by atoms with van der Waals surface area (Å²) in [5.74, 6) is 0.848. The van der Waals surface area contributed by atoms with Crippen LogP contribution in [0, 0.1) is 0 Å². The number of para-hydroxylation sites is 1. The highest BCUT2D eigenvalue weighted by atomic mass is 16.5. The average molecular weight is 250 g/mol. The second-order valence-electron chi connectivity index (χ2n) is 4.49. The minimum Gasteiger partial charge on any atom is -0.491 e. The number of amides is 1. The molecule has 0 aliphatic carbocycles. The Labute approximate surface area is 109 Å². The summed E-state index contributed by atoms with van der Waals surface area (Å²) in [5.41, 5.74) is 1.06. The number of carbonyl (C=O) groups is 1. The van der Waals surface area contributed by atoms with Crippen molar-refractivity contribution in [3.8, 4) is 5.75 Å². The average Bonchev–Trinajstić information content (AvgIpc) is 2.35. The predicted octanol–water partition coefficient (Wildman–Crippen LogP) is 1.70. The van der Waals surface area contributed by atoms with Crippen molar-refractivity contribution < 1.29 is 9.53 Å². The molecule has 4 heteroatoms. The summed E-state index contributed by atoms with van der Waals surface area (Å²) in [6, 6.07) is 7.64. The van der Waals surface area contributed by atoms with E-state index in [-0.39, 0.29) is 18.1 Å². The van der Waals surface area contributed by atoms with Crippen molar-refractivity contribution in [3.63, 3.8) is 0 Å². The number of hydrogen-bond acceptors (Lipinski definition) is 3. The van der Waals surface area contributed by atoms with Crippen LogP contribution < -0.4 is 15.4 Å². The van der Waals surface area contributed by atoms with Crippen LogP contribution in [0.5, 0.6) is 5.75 Å². The lowest BCUT2D eigenvalue weighted by Gasteiger charge is -2.16. The van der Waals surface area contributed by atoms with Gasteiger partial charge in [0.15, 0.2) is 0 Å². The van der Waals surface area contributed by atoms with Crippen LogP contribution in [-0.4, -0.2) is 25.1 Å². The summed E-state index contributed by atoms with van der Waals surface area (Å²) in [5, 5.41) is 5.79. The first-order valence-electron chi connectivity index (χ1n) is 6.24. The zero-order chi connectivity index (χ0) is 13.5. The highest BCUT2D eigenvalue weighted by Gasteiger charge is 2.11. The molecule has 0 radical (unpaired) electrons. The van der Waals surface area contributed by atoms with Crippen LogP contribution in [0.15, 0.2) is 24.3 Å². The van der Waals surface area contributed by atoms with E-state index < -0.39 is 0 Å². The molecule has 1 aromatic rings. The molecule has 1 amide bonds. The molecule has 0 aliphatic rings. The molecule has 18 heavy (non-hydrogen) atoms. The van der Waals surface area contributed by atoms with Gasteiger partial charge in [-0.05, 0) is 26.8 Å². The molecule has 0 bridgehead atoms. The SMILES string of the molecule is CNC(=O)C(C)NCc1ccccc1OC(C)C. The Morgan fingerprint density at radius 2 is 1.94 bits per heavy atom. The van der Waals surface area contributed by atoms with E-state index in [1.54, 1.807) is 7.05 Å². The van der Waals surface area contributed by atoms with Crippen LogP contribution in [0.1, 0.15) is 26.3 Å². The first-order chi connectivity index (χ1) is 8.54. The zero-order valence-electron chi connectivity index (χ0n) is 11.5. The molecule has 0 aliphatic heterocycles. The van der Waals surface area contributed by atoms with E-state index in [9.17, 15) is 4.79 Å². The standard InChI is InChI=1S/C14H22N2O2/c1-10(2)18-13-8-6-5-7-12(13)9-16-11(3)14(17)15-4/h5-8,10-11,16H,9H2,1-4H3,(H,15,17). The molecule has 0 spiro atoms. The summed E-state index contributed by atoms with van der Waals surface area (Å²) >= 11 is 0. The maximum absolute atomic E-state index is 11.4. The second-order valence-corrected chi connectivity index (χ2v) is 4.49. The lowest BCUT2D eigenvalue weighted by atomic mass is 10.2. The molecule has 0 aromatic heterocycles. The number of likely N-dealkylation sites (N-methyl/N-ethyl adjacent to an activating group) is 1. The van der Waals surface area contributed by atoms with Gasteiger partial charge in [0, 0.05) is 19.2 Å². The fourth-order valence-corrected chi connectivity index (χ4v) is 1.59. The van der Waals surface area contributed by atoms with Gasteiger partial charge in [0.25, 0.3) is 0 Å². The summed E-state index contributed by atoms with van der Waals surface area (Å²) in [6.45, 7) is 6.44. The Hall–Kier alpha value is -1.55. The molecule has 4 nitrogen and oxygen atoms in total. The lowest BCUT2D eigenvalue weighted by molar-refractivity contribution is -0.122. The van der Waals surface area contributed by atoms with Crippen molar-refractivity contribution in [2.24, 2.45) is 0 Å². The van der Waals surface area contributed by atoms with Crippen LogP contribution in [0.25, 0.3) is 0 Å². The smallest absolute Gasteiger partial charge is 0.236 e. The van der Waals surface area contributed by atoms with Crippen LogP contribution >= 0.6 is 0 Å². The molecule has 0 saturated heterocycles. The van der Waals surface area contributed by atoms with Crippen molar-refractivity contribution in [3.05, 3.63) is 29.8 Å². The summed E-state index contributed by atoms with van der Waals surface area (Å²) in [4.78, 5) is 11.4. The third-order valence-electron chi connectivity index (χ3n) is 2.57. The first-order valence-corrected chi connectivity index (χ1v) is 6.24. The minimum atomic E-state index is -0.220. The molecular formula is C14H22N2O2. The van der Waals surface area contributed by atoms with E-state index in [0.717, 1.165) is 11.3 Å². The van der Waals surface area contributed by atoms with Crippen LogP contribution in [0.4, 0.5) is 0 Å². The van der Waals surface area contributed by atoms with E-state index in [1.807, 2.05) is 45.0 Å². The van der Waals surface area contributed by atoms with Crippen molar-refractivity contribution in [1.29, 1.82) is 0 Å². The number of rotatable bonds is 6. The zero-order valence-corrected chi connectivity index (χ0v) is 11.5. The minimum absolute atomic E-state index is 0.0164. The Morgan fingerprint density at radius 3 is 2.56 bits per heavy atom. The fraction of sp³-hybridized carbons (Fsp3) is 0.500. The number of carbonyl (C=O) groups excluding carboxylic acids is 1. The highest BCUT2D eigenvalue weighted by Crippen LogP contribution is 2.19. The molecule has 0 fully saturated rings. The lowest BCUT2D eigenvalue weighted by Crippen LogP contribution is -2.40. The summed E-state index contributed by atoms with van der Waals surface area (Å²) in [6.07, 6.45) is 0.141. The van der Waals surface area contributed by atoms with Crippen molar-refractivity contribution in [2.75, 3.05) is 7.05 Å². The molecule has 0 heterocycles. The van der Waals surface area contributed by atoms with Crippen molar-refractivity contribution in [2.45, 2.75) is 39.5 Å². The van der Waals surface area contributed by atoms with Gasteiger partial charge in [0.05, 0.1) is 12.1 Å². The number of hydrogen-bond donors (Lipinski definition) is 2. The first kappa shape index (κ1) is 14.5. The normalized spacial score (nSPS) is 12.3. The van der Waals surface area contributed by atoms with Gasteiger partial charge in [-0.25, -0.2) is 0 Å². The van der Waals surface area contributed by atoms with Gasteiger partial charge in [-0.2, -0.15) is 0 Å². The largest absolute Gasteiger partial charge is 0.491 e.